The van der Waals surface area contributed by atoms with Crippen LogP contribution in [0, 0.1) is 0 Å². The topological polar surface area (TPSA) is 73.8 Å². The Morgan fingerprint density at radius 1 is 1.19 bits per heavy atom. The molecule has 9 heteroatoms. The SMILES string of the molecule is C=CCn1c(SC(C)c2nnc(-c3cccs3)o2)nc2cc(-c3ccccc3)sc2c1=O. The molecule has 0 N–H and O–H groups in total. The monoisotopic (exact) mass is 478 g/mol. The molecule has 0 radical (unpaired) electrons. The average Bonchev–Trinajstić information content (AvgIpc) is 3.57. The number of allylic oxidation sites excluding steroid dienone is 1. The van der Waals surface area contributed by atoms with Crippen molar-refractivity contribution in [2.75, 3.05) is 0 Å². The largest absolute Gasteiger partial charge is 0.419 e. The van der Waals surface area contributed by atoms with Crippen LogP contribution < -0.4 is 5.56 Å². The van der Waals surface area contributed by atoms with E-state index < -0.39 is 0 Å². The number of aromatic nitrogens is 4. The molecule has 5 aromatic rings. The minimum Gasteiger partial charge on any atom is -0.419 e. The first-order chi connectivity index (χ1) is 15.6. The van der Waals surface area contributed by atoms with Gasteiger partial charge in [0.25, 0.3) is 11.4 Å². The molecular weight excluding hydrogens is 460 g/mol. The molecule has 1 unspecified atom stereocenters. The Morgan fingerprint density at radius 3 is 2.78 bits per heavy atom. The molecule has 4 aromatic heterocycles. The molecule has 1 atom stereocenters. The van der Waals surface area contributed by atoms with E-state index in [1.54, 1.807) is 22.0 Å². The fraction of sp³-hybridized carbons (Fsp3) is 0.130. The Labute approximate surface area is 196 Å². The van der Waals surface area contributed by atoms with Crippen molar-refractivity contribution in [3.05, 3.63) is 82.8 Å². The molecule has 0 saturated heterocycles. The fourth-order valence-corrected chi connectivity index (χ4v) is 5.87. The van der Waals surface area contributed by atoms with E-state index in [1.807, 2.05) is 60.8 Å². The quantitative estimate of drug-likeness (QED) is 0.156. The van der Waals surface area contributed by atoms with E-state index in [0.29, 0.717) is 33.7 Å². The fourth-order valence-electron chi connectivity index (χ4n) is 3.22. The van der Waals surface area contributed by atoms with Gasteiger partial charge in [-0.05, 0) is 30.0 Å². The van der Waals surface area contributed by atoms with Gasteiger partial charge in [0.15, 0.2) is 5.16 Å². The zero-order valence-corrected chi connectivity index (χ0v) is 19.5. The van der Waals surface area contributed by atoms with Gasteiger partial charge in [-0.25, -0.2) is 4.98 Å². The van der Waals surface area contributed by atoms with Crippen molar-refractivity contribution in [3.63, 3.8) is 0 Å². The molecular formula is C23H18N4O2S3. The highest BCUT2D eigenvalue weighted by molar-refractivity contribution is 7.99. The highest BCUT2D eigenvalue weighted by Gasteiger charge is 2.21. The lowest BCUT2D eigenvalue weighted by Gasteiger charge is -2.12. The average molecular weight is 479 g/mol. The van der Waals surface area contributed by atoms with Gasteiger partial charge < -0.3 is 4.42 Å². The van der Waals surface area contributed by atoms with Crippen LogP contribution in [-0.2, 0) is 6.54 Å². The standard InChI is InChI=1S/C23H18N4O2S3/c1-3-11-27-22(28)19-16(13-18(32-19)15-8-5-4-6-9-15)24-23(27)31-14(2)20-25-26-21(29-20)17-10-7-12-30-17/h3-10,12-14H,1,11H2,2H3. The molecule has 0 saturated carbocycles. The van der Waals surface area contributed by atoms with E-state index >= 15 is 0 Å². The summed E-state index contributed by atoms with van der Waals surface area (Å²) in [5.74, 6) is 0.993. The maximum absolute atomic E-state index is 13.3. The number of hydrogen-bond donors (Lipinski definition) is 0. The minimum atomic E-state index is -0.177. The third kappa shape index (κ3) is 3.94. The zero-order valence-electron chi connectivity index (χ0n) is 17.1. The minimum absolute atomic E-state index is 0.0680. The number of thioether (sulfide) groups is 1. The number of rotatable bonds is 7. The van der Waals surface area contributed by atoms with E-state index in [1.165, 1.54) is 23.1 Å². The van der Waals surface area contributed by atoms with E-state index in [4.69, 9.17) is 9.40 Å². The lowest BCUT2D eigenvalue weighted by molar-refractivity contribution is 0.509. The molecule has 0 bridgehead atoms. The van der Waals surface area contributed by atoms with Crippen LogP contribution in [0.25, 0.3) is 31.4 Å². The van der Waals surface area contributed by atoms with Gasteiger partial charge in [-0.1, -0.05) is 54.2 Å². The van der Waals surface area contributed by atoms with Gasteiger partial charge in [-0.3, -0.25) is 9.36 Å². The first-order valence-electron chi connectivity index (χ1n) is 9.88. The third-order valence-electron chi connectivity index (χ3n) is 4.77. The maximum atomic E-state index is 13.3. The summed E-state index contributed by atoms with van der Waals surface area (Å²) in [6.45, 7) is 6.15. The summed E-state index contributed by atoms with van der Waals surface area (Å²) in [6.07, 6.45) is 1.71. The van der Waals surface area contributed by atoms with Crippen LogP contribution in [0.2, 0.25) is 0 Å². The van der Waals surface area contributed by atoms with Crippen LogP contribution in [0.1, 0.15) is 18.1 Å². The van der Waals surface area contributed by atoms with E-state index in [-0.39, 0.29) is 10.8 Å². The van der Waals surface area contributed by atoms with Crippen LogP contribution in [0.5, 0.6) is 0 Å². The van der Waals surface area contributed by atoms with Crippen LogP contribution in [0.15, 0.2) is 80.9 Å². The third-order valence-corrected chi connectivity index (χ3v) is 7.87. The molecule has 0 aliphatic heterocycles. The van der Waals surface area contributed by atoms with Crippen molar-refractivity contribution in [1.82, 2.24) is 19.7 Å². The molecule has 4 heterocycles. The van der Waals surface area contributed by atoms with Gasteiger partial charge >= 0.3 is 0 Å². The van der Waals surface area contributed by atoms with Crippen molar-refractivity contribution in [1.29, 1.82) is 0 Å². The Hall–Kier alpha value is -3.01. The smallest absolute Gasteiger partial charge is 0.272 e. The highest BCUT2D eigenvalue weighted by atomic mass is 32.2. The Morgan fingerprint density at radius 2 is 2.03 bits per heavy atom. The van der Waals surface area contributed by atoms with E-state index in [2.05, 4.69) is 16.8 Å². The second kappa shape index (κ2) is 8.85. The predicted molar refractivity (Wildman–Crippen MR) is 131 cm³/mol. The van der Waals surface area contributed by atoms with Crippen LogP contribution in [0.3, 0.4) is 0 Å². The molecule has 32 heavy (non-hydrogen) atoms. The van der Waals surface area contributed by atoms with Crippen molar-refractivity contribution < 1.29 is 4.42 Å². The number of thiophene rings is 2. The summed E-state index contributed by atoms with van der Waals surface area (Å²) in [5, 5.41) is 10.8. The lowest BCUT2D eigenvalue weighted by atomic mass is 10.2. The summed E-state index contributed by atoms with van der Waals surface area (Å²) >= 11 is 4.43. The summed E-state index contributed by atoms with van der Waals surface area (Å²) in [4.78, 5) is 20.1. The van der Waals surface area contributed by atoms with Crippen LogP contribution in [0.4, 0.5) is 0 Å². The van der Waals surface area contributed by atoms with Gasteiger partial charge in [0.1, 0.15) is 4.70 Å². The molecule has 0 amide bonds. The molecule has 0 fully saturated rings. The van der Waals surface area contributed by atoms with Crippen molar-refractivity contribution >= 4 is 44.7 Å². The number of nitrogens with zero attached hydrogens (tertiary/aromatic N) is 4. The summed E-state index contributed by atoms with van der Waals surface area (Å²) in [7, 11) is 0. The second-order valence-corrected chi connectivity index (χ2v) is 10.3. The number of fused-ring (bicyclic) bond motifs is 1. The number of hydrogen-bond acceptors (Lipinski definition) is 8. The second-order valence-electron chi connectivity index (χ2n) is 6.97. The van der Waals surface area contributed by atoms with Gasteiger partial charge in [0, 0.05) is 11.4 Å². The zero-order chi connectivity index (χ0) is 22.1. The van der Waals surface area contributed by atoms with Crippen LogP contribution in [-0.4, -0.2) is 19.7 Å². The predicted octanol–water partition coefficient (Wildman–Crippen LogP) is 6.28. The molecule has 5 rings (SSSR count). The van der Waals surface area contributed by atoms with E-state index in [9.17, 15) is 4.79 Å². The summed E-state index contributed by atoms with van der Waals surface area (Å²) < 4.78 is 8.17. The molecule has 0 spiro atoms. The lowest BCUT2D eigenvalue weighted by Crippen LogP contribution is -2.22. The highest BCUT2D eigenvalue weighted by Crippen LogP contribution is 2.37. The van der Waals surface area contributed by atoms with E-state index in [0.717, 1.165) is 15.3 Å². The van der Waals surface area contributed by atoms with Crippen molar-refractivity contribution in [2.45, 2.75) is 23.9 Å². The van der Waals surface area contributed by atoms with Crippen molar-refractivity contribution in [2.24, 2.45) is 0 Å². The Kier molecular flexibility index (Phi) is 5.77. The first kappa shape index (κ1) is 20.9. The van der Waals surface area contributed by atoms with Gasteiger partial charge in [0.2, 0.25) is 5.89 Å². The first-order valence-corrected chi connectivity index (χ1v) is 12.5. The Bertz CT molecular complexity index is 1440. The molecule has 0 aliphatic rings. The van der Waals surface area contributed by atoms with Crippen molar-refractivity contribution in [3.8, 4) is 21.2 Å². The molecule has 1 aromatic carbocycles. The Balaban J connectivity index is 1.51. The van der Waals surface area contributed by atoms with Gasteiger partial charge in [-0.15, -0.1) is 39.4 Å². The van der Waals surface area contributed by atoms with Gasteiger partial charge in [-0.2, -0.15) is 0 Å². The molecule has 0 aliphatic carbocycles. The molecule has 160 valence electrons. The number of benzene rings is 1. The van der Waals surface area contributed by atoms with Gasteiger partial charge in [0.05, 0.1) is 15.6 Å². The normalized spacial score (nSPS) is 12.3. The summed E-state index contributed by atoms with van der Waals surface area (Å²) in [5.41, 5.74) is 1.69. The molecule has 6 nitrogen and oxygen atoms in total. The maximum Gasteiger partial charge on any atom is 0.272 e. The van der Waals surface area contributed by atoms with Crippen LogP contribution >= 0.6 is 34.4 Å². The summed E-state index contributed by atoms with van der Waals surface area (Å²) in [6, 6.07) is 15.9.